The third kappa shape index (κ3) is 4.18. The second-order valence-corrected chi connectivity index (χ2v) is 10.2. The van der Waals surface area contributed by atoms with Gasteiger partial charge in [0.05, 0.1) is 0 Å². The minimum atomic E-state index is -0.497. The van der Waals surface area contributed by atoms with Gasteiger partial charge in [0.2, 0.25) is 5.91 Å². The predicted molar refractivity (Wildman–Crippen MR) is 125 cm³/mol. The molecular weight excluding hydrogens is 412 g/mol. The normalized spacial score (nSPS) is 15.6. The molecule has 30 heavy (non-hydrogen) atoms. The maximum Gasteiger partial charge on any atom is 0.241 e. The van der Waals surface area contributed by atoms with E-state index in [-0.39, 0.29) is 5.91 Å². The van der Waals surface area contributed by atoms with Crippen LogP contribution in [-0.2, 0) is 11.3 Å². The van der Waals surface area contributed by atoms with Crippen LogP contribution in [0.1, 0.15) is 57.9 Å². The van der Waals surface area contributed by atoms with E-state index in [1.807, 2.05) is 17.5 Å². The van der Waals surface area contributed by atoms with Crippen molar-refractivity contribution in [2.75, 3.05) is 5.32 Å². The quantitative estimate of drug-likeness (QED) is 0.476. The molecule has 2 heterocycles. The van der Waals surface area contributed by atoms with Gasteiger partial charge in [-0.2, -0.15) is 11.3 Å². The van der Waals surface area contributed by atoms with Crippen molar-refractivity contribution in [1.29, 1.82) is 0 Å². The Hall–Kier alpha value is -2.12. The fourth-order valence-electron chi connectivity index (χ4n) is 3.95. The van der Waals surface area contributed by atoms with Crippen molar-refractivity contribution in [3.8, 4) is 11.4 Å². The Morgan fingerprint density at radius 2 is 1.93 bits per heavy atom. The van der Waals surface area contributed by atoms with Gasteiger partial charge in [-0.3, -0.25) is 4.79 Å². The van der Waals surface area contributed by atoms with E-state index in [0.29, 0.717) is 5.92 Å². The van der Waals surface area contributed by atoms with Crippen LogP contribution in [0.3, 0.4) is 0 Å². The first kappa shape index (κ1) is 21.1. The maximum atomic E-state index is 13.4. The lowest BCUT2D eigenvalue weighted by Crippen LogP contribution is -2.37. The number of nitrogens with zero attached hydrogens (tertiary/aromatic N) is 3. The van der Waals surface area contributed by atoms with E-state index in [0.717, 1.165) is 54.5 Å². The molecule has 3 aromatic rings. The molecule has 0 aliphatic heterocycles. The number of carbonyl (C=O) groups is 1. The Morgan fingerprint density at radius 3 is 2.53 bits per heavy atom. The van der Waals surface area contributed by atoms with Crippen molar-refractivity contribution < 1.29 is 4.79 Å². The summed E-state index contributed by atoms with van der Waals surface area (Å²) in [6.45, 7) is 7.22. The van der Waals surface area contributed by atoms with Gasteiger partial charge in [0.25, 0.3) is 0 Å². The standard InChI is InChI=1S/C23H28N4OS2/c1-4-27-20(18-11-14-29-15-18)25-26-22(27)30-23(12-5-6-13-23)21(28)24-19-9-7-17(8-10-19)16(2)3/h7-11,14-16H,4-6,12-13H2,1-3H3,(H,24,28). The molecule has 158 valence electrons. The maximum absolute atomic E-state index is 13.4. The number of rotatable bonds is 7. The van der Waals surface area contributed by atoms with Crippen LogP contribution in [0, 0.1) is 0 Å². The lowest BCUT2D eigenvalue weighted by molar-refractivity contribution is -0.118. The number of nitrogens with one attached hydrogen (secondary N) is 1. The highest BCUT2D eigenvalue weighted by Gasteiger charge is 2.43. The van der Waals surface area contributed by atoms with E-state index in [1.165, 1.54) is 5.56 Å². The SMILES string of the molecule is CCn1c(SC2(C(=O)Nc3ccc(C(C)C)cc3)CCCC2)nnc1-c1ccsc1. The Kier molecular flexibility index (Phi) is 6.29. The number of thioether (sulfide) groups is 1. The van der Waals surface area contributed by atoms with Crippen LogP contribution < -0.4 is 5.32 Å². The average molecular weight is 441 g/mol. The zero-order valence-corrected chi connectivity index (χ0v) is 19.4. The fourth-order valence-corrected chi connectivity index (χ4v) is 5.97. The first-order valence-electron chi connectivity index (χ1n) is 10.6. The van der Waals surface area contributed by atoms with Crippen LogP contribution in [-0.4, -0.2) is 25.4 Å². The molecule has 0 saturated heterocycles. The van der Waals surface area contributed by atoms with Crippen molar-refractivity contribution in [2.24, 2.45) is 0 Å². The van der Waals surface area contributed by atoms with E-state index in [1.54, 1.807) is 23.1 Å². The molecule has 0 radical (unpaired) electrons. The summed E-state index contributed by atoms with van der Waals surface area (Å²) in [4.78, 5) is 13.4. The summed E-state index contributed by atoms with van der Waals surface area (Å²) in [7, 11) is 0. The predicted octanol–water partition coefficient (Wildman–Crippen LogP) is 6.19. The number of hydrogen-bond acceptors (Lipinski definition) is 5. The molecule has 1 aliphatic rings. The molecule has 1 aliphatic carbocycles. The Morgan fingerprint density at radius 1 is 1.20 bits per heavy atom. The summed E-state index contributed by atoms with van der Waals surface area (Å²) in [5.41, 5.74) is 3.21. The van der Waals surface area contributed by atoms with Crippen molar-refractivity contribution >= 4 is 34.7 Å². The topological polar surface area (TPSA) is 59.8 Å². The molecule has 0 bridgehead atoms. The number of hydrogen-bond donors (Lipinski definition) is 1. The summed E-state index contributed by atoms with van der Waals surface area (Å²) >= 11 is 3.24. The van der Waals surface area contributed by atoms with Crippen LogP contribution in [0.15, 0.2) is 46.2 Å². The Bertz CT molecular complexity index is 987. The van der Waals surface area contributed by atoms with E-state index < -0.39 is 4.75 Å². The van der Waals surface area contributed by atoms with Gasteiger partial charge >= 0.3 is 0 Å². The molecule has 1 fully saturated rings. The van der Waals surface area contributed by atoms with Gasteiger partial charge in [0.15, 0.2) is 11.0 Å². The largest absolute Gasteiger partial charge is 0.325 e. The van der Waals surface area contributed by atoms with Crippen molar-refractivity contribution in [3.05, 3.63) is 46.7 Å². The van der Waals surface area contributed by atoms with Crippen LogP contribution in [0.4, 0.5) is 5.69 Å². The number of thiophene rings is 1. The molecule has 0 unspecified atom stereocenters. The lowest BCUT2D eigenvalue weighted by atomic mass is 10.0. The third-order valence-electron chi connectivity index (χ3n) is 5.76. The summed E-state index contributed by atoms with van der Waals surface area (Å²) in [6.07, 6.45) is 3.84. The third-order valence-corrected chi connectivity index (χ3v) is 7.91. The van der Waals surface area contributed by atoms with Gasteiger partial charge in [0.1, 0.15) is 4.75 Å². The Labute approximate surface area is 186 Å². The Balaban J connectivity index is 1.57. The van der Waals surface area contributed by atoms with Crippen LogP contribution in [0.5, 0.6) is 0 Å². The molecule has 1 amide bonds. The van der Waals surface area contributed by atoms with Crippen LogP contribution in [0.2, 0.25) is 0 Å². The molecular formula is C23H28N4OS2. The fraction of sp³-hybridized carbons (Fsp3) is 0.435. The molecule has 1 saturated carbocycles. The van der Waals surface area contributed by atoms with E-state index in [9.17, 15) is 4.79 Å². The number of benzene rings is 1. The van der Waals surface area contributed by atoms with Crippen molar-refractivity contribution in [1.82, 2.24) is 14.8 Å². The molecule has 1 N–H and O–H groups in total. The van der Waals surface area contributed by atoms with Gasteiger partial charge in [-0.25, -0.2) is 0 Å². The highest BCUT2D eigenvalue weighted by Crippen LogP contribution is 2.46. The molecule has 1 aromatic carbocycles. The number of carbonyl (C=O) groups excluding carboxylic acids is 1. The molecule has 5 nitrogen and oxygen atoms in total. The lowest BCUT2D eigenvalue weighted by Gasteiger charge is -2.26. The average Bonchev–Trinajstić information content (AvgIpc) is 3.50. The molecule has 0 spiro atoms. The van der Waals surface area contributed by atoms with Crippen LogP contribution >= 0.6 is 23.1 Å². The second-order valence-electron chi connectivity index (χ2n) is 8.10. The van der Waals surface area contributed by atoms with E-state index >= 15 is 0 Å². The van der Waals surface area contributed by atoms with Crippen LogP contribution in [0.25, 0.3) is 11.4 Å². The zero-order chi connectivity index (χ0) is 21.1. The molecule has 2 aromatic heterocycles. The van der Waals surface area contributed by atoms with Gasteiger partial charge in [0, 0.05) is 23.2 Å². The van der Waals surface area contributed by atoms with Gasteiger partial charge in [-0.1, -0.05) is 50.6 Å². The molecule has 7 heteroatoms. The smallest absolute Gasteiger partial charge is 0.241 e. The summed E-state index contributed by atoms with van der Waals surface area (Å²) < 4.78 is 1.63. The van der Waals surface area contributed by atoms with Gasteiger partial charge < -0.3 is 9.88 Å². The first-order valence-corrected chi connectivity index (χ1v) is 12.3. The summed E-state index contributed by atoms with van der Waals surface area (Å²) in [5.74, 6) is 1.42. The van der Waals surface area contributed by atoms with Crippen molar-refractivity contribution in [2.45, 2.75) is 68.8 Å². The molecule has 0 atom stereocenters. The summed E-state index contributed by atoms with van der Waals surface area (Å²) in [5, 5.41) is 17.0. The van der Waals surface area contributed by atoms with Gasteiger partial charge in [-0.15, -0.1) is 10.2 Å². The molecule has 4 rings (SSSR count). The highest BCUT2D eigenvalue weighted by molar-refractivity contribution is 8.01. The summed E-state index contributed by atoms with van der Waals surface area (Å²) in [6, 6.07) is 10.3. The van der Waals surface area contributed by atoms with Gasteiger partial charge in [-0.05, 0) is 54.8 Å². The zero-order valence-electron chi connectivity index (χ0n) is 17.7. The minimum Gasteiger partial charge on any atom is -0.325 e. The number of aromatic nitrogens is 3. The number of amides is 1. The first-order chi connectivity index (χ1) is 14.5. The van der Waals surface area contributed by atoms with E-state index in [2.05, 4.69) is 64.4 Å². The van der Waals surface area contributed by atoms with Crippen molar-refractivity contribution in [3.63, 3.8) is 0 Å². The van der Waals surface area contributed by atoms with E-state index in [4.69, 9.17) is 0 Å². The number of anilines is 1. The minimum absolute atomic E-state index is 0.0741. The second kappa shape index (κ2) is 8.94. The monoisotopic (exact) mass is 440 g/mol. The highest BCUT2D eigenvalue weighted by atomic mass is 32.2.